The Hall–Kier alpha value is -1.53. The molecule has 0 fully saturated rings. The molecule has 0 aliphatic rings. The summed E-state index contributed by atoms with van der Waals surface area (Å²) in [5.41, 5.74) is 5.76. The molecule has 1 aromatic carbocycles. The van der Waals surface area contributed by atoms with Gasteiger partial charge in [0.25, 0.3) is 5.91 Å². The Labute approximate surface area is 91.5 Å². The van der Waals surface area contributed by atoms with Crippen LogP contribution in [0.5, 0.6) is 0 Å². The average Bonchev–Trinajstić information content (AvgIpc) is 2.14. The van der Waals surface area contributed by atoms with Gasteiger partial charge in [-0.1, -0.05) is 42.9 Å². The van der Waals surface area contributed by atoms with E-state index in [1.54, 1.807) is 0 Å². The predicted molar refractivity (Wildman–Crippen MR) is 65.5 cm³/mol. The van der Waals surface area contributed by atoms with Gasteiger partial charge in [0.15, 0.2) is 0 Å². The Balaban J connectivity index is 2.93. The SMILES string of the molecule is C[Si](C)(C)c1ccc(C#CC(N)=O)cc1. The molecule has 0 heterocycles. The maximum atomic E-state index is 10.5. The predicted octanol–water partition coefficient (Wildman–Crippen LogP) is 1.07. The third-order valence-corrected chi connectivity index (χ3v) is 4.15. The Morgan fingerprint density at radius 3 is 2.13 bits per heavy atom. The van der Waals surface area contributed by atoms with Gasteiger partial charge in [-0.15, -0.1) is 0 Å². The maximum absolute atomic E-state index is 10.5. The molecule has 0 unspecified atom stereocenters. The van der Waals surface area contributed by atoms with Crippen molar-refractivity contribution in [2.75, 3.05) is 0 Å². The molecule has 2 nitrogen and oxygen atoms in total. The van der Waals surface area contributed by atoms with Gasteiger partial charge in [-0.25, -0.2) is 0 Å². The summed E-state index contributed by atoms with van der Waals surface area (Å²) in [5.74, 6) is 4.44. The van der Waals surface area contributed by atoms with E-state index < -0.39 is 14.0 Å². The minimum Gasteiger partial charge on any atom is -0.359 e. The largest absolute Gasteiger partial charge is 0.359 e. The van der Waals surface area contributed by atoms with E-state index in [9.17, 15) is 4.79 Å². The van der Waals surface area contributed by atoms with Crippen molar-refractivity contribution in [1.82, 2.24) is 0 Å². The van der Waals surface area contributed by atoms with E-state index in [1.807, 2.05) is 12.1 Å². The molecule has 0 bridgehead atoms. The molecule has 0 radical (unpaired) electrons. The lowest BCUT2D eigenvalue weighted by Gasteiger charge is -2.15. The molecule has 0 spiro atoms. The number of hydrogen-bond acceptors (Lipinski definition) is 1. The van der Waals surface area contributed by atoms with Crippen LogP contribution in [-0.2, 0) is 4.79 Å². The summed E-state index contributed by atoms with van der Waals surface area (Å²) >= 11 is 0. The van der Waals surface area contributed by atoms with Crippen LogP contribution in [0.4, 0.5) is 0 Å². The molecule has 3 heteroatoms. The summed E-state index contributed by atoms with van der Waals surface area (Å²) in [7, 11) is -1.24. The van der Waals surface area contributed by atoms with E-state index in [0.717, 1.165) is 5.56 Å². The molecule has 15 heavy (non-hydrogen) atoms. The van der Waals surface area contributed by atoms with Crippen molar-refractivity contribution in [2.24, 2.45) is 5.73 Å². The highest BCUT2D eigenvalue weighted by molar-refractivity contribution is 6.88. The molecule has 78 valence electrons. The zero-order chi connectivity index (χ0) is 11.5. The highest BCUT2D eigenvalue weighted by atomic mass is 28.3. The van der Waals surface area contributed by atoms with Gasteiger partial charge in [-0.2, -0.15) is 0 Å². The molecule has 0 aromatic heterocycles. The van der Waals surface area contributed by atoms with Gasteiger partial charge in [0, 0.05) is 5.56 Å². The number of benzene rings is 1. The van der Waals surface area contributed by atoms with Gasteiger partial charge in [0.2, 0.25) is 0 Å². The van der Waals surface area contributed by atoms with Crippen molar-refractivity contribution in [1.29, 1.82) is 0 Å². The number of rotatable bonds is 1. The fourth-order valence-corrected chi connectivity index (χ4v) is 2.35. The lowest BCUT2D eigenvalue weighted by atomic mass is 10.2. The summed E-state index contributed by atoms with van der Waals surface area (Å²) < 4.78 is 0. The van der Waals surface area contributed by atoms with Crippen LogP contribution in [-0.4, -0.2) is 14.0 Å². The summed E-state index contributed by atoms with van der Waals surface area (Å²) in [6.07, 6.45) is 0. The normalized spacial score (nSPS) is 10.3. The smallest absolute Gasteiger partial charge is 0.293 e. The van der Waals surface area contributed by atoms with Gasteiger partial charge in [-0.05, 0) is 18.1 Å². The molecule has 0 aliphatic heterocycles. The maximum Gasteiger partial charge on any atom is 0.293 e. The van der Waals surface area contributed by atoms with Crippen LogP contribution >= 0.6 is 0 Å². The highest BCUT2D eigenvalue weighted by Gasteiger charge is 2.15. The molecular weight excluding hydrogens is 202 g/mol. The third-order valence-electron chi connectivity index (χ3n) is 2.08. The molecule has 1 rings (SSSR count). The van der Waals surface area contributed by atoms with Crippen LogP contribution in [0.3, 0.4) is 0 Å². The second-order valence-corrected chi connectivity index (χ2v) is 9.52. The van der Waals surface area contributed by atoms with E-state index in [1.165, 1.54) is 5.19 Å². The number of nitrogens with two attached hydrogens (primary N) is 1. The standard InChI is InChI=1S/C12H15NOSi/c1-15(2,3)11-7-4-10(5-8-11)6-9-12(13)14/h4-5,7-8H,1-3H3,(H2,13,14). The van der Waals surface area contributed by atoms with E-state index in [-0.39, 0.29) is 0 Å². The Kier molecular flexibility index (Phi) is 3.33. The first kappa shape index (κ1) is 11.5. The first-order valence-electron chi connectivity index (χ1n) is 4.81. The Morgan fingerprint density at radius 2 is 1.73 bits per heavy atom. The second kappa shape index (κ2) is 4.33. The zero-order valence-electron chi connectivity index (χ0n) is 9.29. The third kappa shape index (κ3) is 3.60. The lowest BCUT2D eigenvalue weighted by molar-refractivity contribution is -0.112. The second-order valence-electron chi connectivity index (χ2n) is 4.44. The van der Waals surface area contributed by atoms with Crippen molar-refractivity contribution < 1.29 is 4.79 Å². The van der Waals surface area contributed by atoms with Crippen molar-refractivity contribution in [3.63, 3.8) is 0 Å². The van der Waals surface area contributed by atoms with Crippen LogP contribution in [0, 0.1) is 11.8 Å². The summed E-state index contributed by atoms with van der Waals surface area (Å²) in [6.45, 7) is 6.87. The fourth-order valence-electron chi connectivity index (χ4n) is 1.19. The molecule has 0 atom stereocenters. The van der Waals surface area contributed by atoms with Gasteiger partial charge in [0.1, 0.15) is 0 Å². The van der Waals surface area contributed by atoms with Gasteiger partial charge >= 0.3 is 0 Å². The van der Waals surface area contributed by atoms with Crippen molar-refractivity contribution in [3.05, 3.63) is 29.8 Å². The number of carbonyl (C=O) groups excluding carboxylic acids is 1. The first-order valence-corrected chi connectivity index (χ1v) is 8.31. The average molecular weight is 217 g/mol. The molecule has 1 amide bonds. The van der Waals surface area contributed by atoms with Crippen LogP contribution < -0.4 is 10.9 Å². The highest BCUT2D eigenvalue weighted by Crippen LogP contribution is 2.03. The van der Waals surface area contributed by atoms with E-state index in [0.29, 0.717) is 0 Å². The number of hydrogen-bond donors (Lipinski definition) is 1. The fraction of sp³-hybridized carbons (Fsp3) is 0.250. The van der Waals surface area contributed by atoms with Crippen LogP contribution in [0.15, 0.2) is 24.3 Å². The molecule has 2 N–H and O–H groups in total. The monoisotopic (exact) mass is 217 g/mol. The molecule has 0 saturated carbocycles. The van der Waals surface area contributed by atoms with Crippen molar-refractivity contribution in [2.45, 2.75) is 19.6 Å². The Bertz CT molecular complexity index is 418. The molecule has 0 aliphatic carbocycles. The van der Waals surface area contributed by atoms with Crippen LogP contribution in [0.25, 0.3) is 0 Å². The quantitative estimate of drug-likeness (QED) is 0.555. The van der Waals surface area contributed by atoms with Crippen molar-refractivity contribution >= 4 is 19.2 Å². The van der Waals surface area contributed by atoms with E-state index in [4.69, 9.17) is 5.73 Å². The number of amides is 1. The topological polar surface area (TPSA) is 43.1 Å². The van der Waals surface area contributed by atoms with Gasteiger partial charge < -0.3 is 5.73 Å². The van der Waals surface area contributed by atoms with Gasteiger partial charge in [-0.3, -0.25) is 4.79 Å². The number of primary amides is 1. The summed E-state index contributed by atoms with van der Waals surface area (Å²) in [5, 5.41) is 1.38. The van der Waals surface area contributed by atoms with Crippen LogP contribution in [0.2, 0.25) is 19.6 Å². The molecule has 0 saturated heterocycles. The molecular formula is C12H15NOSi. The van der Waals surface area contributed by atoms with Crippen LogP contribution in [0.1, 0.15) is 5.56 Å². The first-order chi connectivity index (χ1) is 6.89. The minimum absolute atomic E-state index is 0.593. The van der Waals surface area contributed by atoms with E-state index in [2.05, 4.69) is 43.6 Å². The minimum atomic E-state index is -1.24. The molecule has 1 aromatic rings. The summed E-state index contributed by atoms with van der Waals surface area (Å²) in [4.78, 5) is 10.5. The number of carbonyl (C=O) groups is 1. The Morgan fingerprint density at radius 1 is 1.20 bits per heavy atom. The van der Waals surface area contributed by atoms with Gasteiger partial charge in [0.05, 0.1) is 8.07 Å². The summed E-state index contributed by atoms with van der Waals surface area (Å²) in [6, 6.07) is 8.03. The van der Waals surface area contributed by atoms with Crippen molar-refractivity contribution in [3.8, 4) is 11.8 Å². The van der Waals surface area contributed by atoms with E-state index >= 15 is 0 Å². The lowest BCUT2D eigenvalue weighted by Crippen LogP contribution is -2.37. The zero-order valence-corrected chi connectivity index (χ0v) is 10.3.